The molecule has 1 aromatic heterocycles. The number of carbonyl (C=O) groups excluding carboxylic acids is 2. The second-order valence-electron chi connectivity index (χ2n) is 6.34. The van der Waals surface area contributed by atoms with E-state index >= 15 is 0 Å². The highest BCUT2D eigenvalue weighted by Gasteiger charge is 2.21. The largest absolute Gasteiger partial charge is 0.345 e. The topological polar surface area (TPSA) is 86.9 Å². The van der Waals surface area contributed by atoms with Crippen molar-refractivity contribution < 1.29 is 18.4 Å². The Labute approximate surface area is 148 Å². The number of piperazine rings is 1. The van der Waals surface area contributed by atoms with Gasteiger partial charge in [0.05, 0.1) is 12.2 Å². The van der Waals surface area contributed by atoms with Crippen LogP contribution in [0.5, 0.6) is 0 Å². The molecule has 0 atom stereocenters. The lowest BCUT2D eigenvalue weighted by molar-refractivity contribution is -0.127. The van der Waals surface area contributed by atoms with Crippen molar-refractivity contribution in [2.45, 2.75) is 26.2 Å². The number of H-pyrrole nitrogens is 1. The number of carbonyl (C=O) groups is 2. The SMILES string of the molecule is CC(C)c1[nH]c(Cc2cc(F)ccc2F)nc1C=C1NC(=O)CNC1=O. The summed E-state index contributed by atoms with van der Waals surface area (Å²) in [6, 6.07) is 3.25. The zero-order valence-electron chi connectivity index (χ0n) is 14.3. The van der Waals surface area contributed by atoms with Gasteiger partial charge in [0.25, 0.3) is 5.91 Å². The maximum Gasteiger partial charge on any atom is 0.268 e. The van der Waals surface area contributed by atoms with Crippen molar-refractivity contribution >= 4 is 17.9 Å². The van der Waals surface area contributed by atoms with Gasteiger partial charge in [0.15, 0.2) is 0 Å². The summed E-state index contributed by atoms with van der Waals surface area (Å²) in [5.41, 5.74) is 1.48. The van der Waals surface area contributed by atoms with Gasteiger partial charge >= 0.3 is 0 Å². The van der Waals surface area contributed by atoms with Crippen molar-refractivity contribution in [1.29, 1.82) is 0 Å². The fourth-order valence-electron chi connectivity index (χ4n) is 2.69. The zero-order valence-corrected chi connectivity index (χ0v) is 14.3. The molecular formula is C18H18F2N4O2. The lowest BCUT2D eigenvalue weighted by Crippen LogP contribution is -2.46. The number of imidazole rings is 1. The van der Waals surface area contributed by atoms with E-state index < -0.39 is 17.5 Å². The molecule has 0 bridgehead atoms. The number of hydrogen-bond donors (Lipinski definition) is 3. The van der Waals surface area contributed by atoms with Crippen LogP contribution in [-0.2, 0) is 16.0 Å². The molecule has 136 valence electrons. The van der Waals surface area contributed by atoms with E-state index in [2.05, 4.69) is 20.6 Å². The van der Waals surface area contributed by atoms with Crippen LogP contribution in [0.15, 0.2) is 23.9 Å². The Morgan fingerprint density at radius 1 is 1.27 bits per heavy atom. The van der Waals surface area contributed by atoms with Crippen molar-refractivity contribution in [2.24, 2.45) is 0 Å². The molecule has 0 unspecified atom stereocenters. The summed E-state index contributed by atoms with van der Waals surface area (Å²) in [6.07, 6.45) is 1.55. The van der Waals surface area contributed by atoms with Crippen LogP contribution in [0.4, 0.5) is 8.78 Å². The van der Waals surface area contributed by atoms with E-state index in [1.54, 1.807) is 0 Å². The Hall–Kier alpha value is -3.03. The molecular weight excluding hydrogens is 342 g/mol. The van der Waals surface area contributed by atoms with Gasteiger partial charge in [0.2, 0.25) is 5.91 Å². The quantitative estimate of drug-likeness (QED) is 0.729. The molecule has 1 aromatic carbocycles. The minimum atomic E-state index is -0.527. The van der Waals surface area contributed by atoms with Gasteiger partial charge in [0, 0.05) is 12.1 Å². The van der Waals surface area contributed by atoms with Crippen LogP contribution in [0.25, 0.3) is 6.08 Å². The fourth-order valence-corrected chi connectivity index (χ4v) is 2.69. The first-order chi connectivity index (χ1) is 12.3. The maximum atomic E-state index is 13.9. The van der Waals surface area contributed by atoms with Crippen molar-refractivity contribution in [3.05, 3.63) is 58.3 Å². The third kappa shape index (κ3) is 3.79. The number of nitrogens with one attached hydrogen (secondary N) is 3. The smallest absolute Gasteiger partial charge is 0.268 e. The summed E-state index contributed by atoms with van der Waals surface area (Å²) in [5, 5.41) is 4.97. The van der Waals surface area contributed by atoms with Gasteiger partial charge in [-0.15, -0.1) is 0 Å². The molecule has 1 aliphatic rings. The number of aromatic amines is 1. The molecule has 26 heavy (non-hydrogen) atoms. The number of hydrogen-bond acceptors (Lipinski definition) is 3. The van der Waals surface area contributed by atoms with E-state index in [-0.39, 0.29) is 36.1 Å². The van der Waals surface area contributed by atoms with Crippen LogP contribution in [-0.4, -0.2) is 28.3 Å². The monoisotopic (exact) mass is 360 g/mol. The fraction of sp³-hybridized carbons (Fsp3) is 0.278. The standard InChI is InChI=1S/C18H18F2N4O2/c1-9(2)17-13(7-14-18(26)21-8-16(25)23-14)22-15(24-17)6-10-5-11(19)3-4-12(10)20/h3-5,7,9H,6,8H2,1-2H3,(H,21,26)(H,22,24)(H,23,25). The molecule has 0 spiro atoms. The lowest BCUT2D eigenvalue weighted by Gasteiger charge is -2.15. The molecule has 1 saturated heterocycles. The third-order valence-electron chi connectivity index (χ3n) is 3.96. The summed E-state index contributed by atoms with van der Waals surface area (Å²) >= 11 is 0. The predicted molar refractivity (Wildman–Crippen MR) is 91.0 cm³/mol. The number of amides is 2. The number of nitrogens with zero attached hydrogens (tertiary/aromatic N) is 1. The van der Waals surface area contributed by atoms with Crippen LogP contribution in [0, 0.1) is 11.6 Å². The number of benzene rings is 1. The average Bonchev–Trinajstić information content (AvgIpc) is 2.97. The summed E-state index contributed by atoms with van der Waals surface area (Å²) < 4.78 is 27.2. The van der Waals surface area contributed by atoms with Gasteiger partial charge < -0.3 is 15.6 Å². The van der Waals surface area contributed by atoms with Gasteiger partial charge in [-0.05, 0) is 35.8 Å². The highest BCUT2D eigenvalue weighted by Crippen LogP contribution is 2.22. The van der Waals surface area contributed by atoms with Crippen LogP contribution in [0.3, 0.4) is 0 Å². The Balaban J connectivity index is 1.95. The molecule has 2 amide bonds. The average molecular weight is 360 g/mol. The molecule has 0 radical (unpaired) electrons. The lowest BCUT2D eigenvalue weighted by atomic mass is 10.1. The number of aromatic nitrogens is 2. The molecule has 1 aliphatic heterocycles. The molecule has 1 fully saturated rings. The first kappa shape index (κ1) is 17.8. The Bertz CT molecular complexity index is 903. The van der Waals surface area contributed by atoms with Gasteiger partial charge in [0.1, 0.15) is 23.2 Å². The summed E-state index contributed by atoms with van der Waals surface area (Å²) in [6.45, 7) is 3.79. The van der Waals surface area contributed by atoms with E-state index in [0.29, 0.717) is 11.5 Å². The molecule has 2 aromatic rings. The van der Waals surface area contributed by atoms with Crippen molar-refractivity contribution in [3.8, 4) is 0 Å². The van der Waals surface area contributed by atoms with Gasteiger partial charge in [-0.2, -0.15) is 0 Å². The second kappa shape index (κ2) is 7.07. The first-order valence-corrected chi connectivity index (χ1v) is 8.16. The predicted octanol–water partition coefficient (Wildman–Crippen LogP) is 1.99. The molecule has 3 N–H and O–H groups in total. The molecule has 3 rings (SSSR count). The molecule has 0 saturated carbocycles. The van der Waals surface area contributed by atoms with Crippen LogP contribution in [0.2, 0.25) is 0 Å². The van der Waals surface area contributed by atoms with Crippen LogP contribution >= 0.6 is 0 Å². The number of rotatable bonds is 4. The van der Waals surface area contributed by atoms with Gasteiger partial charge in [-0.1, -0.05) is 13.8 Å². The third-order valence-corrected chi connectivity index (χ3v) is 3.96. The molecule has 8 heteroatoms. The number of halogens is 2. The van der Waals surface area contributed by atoms with Gasteiger partial charge in [-0.25, -0.2) is 13.8 Å². The van der Waals surface area contributed by atoms with E-state index in [1.165, 1.54) is 6.08 Å². The highest BCUT2D eigenvalue weighted by atomic mass is 19.1. The molecule has 6 nitrogen and oxygen atoms in total. The Morgan fingerprint density at radius 3 is 2.77 bits per heavy atom. The Kier molecular flexibility index (Phi) is 4.83. The molecule has 2 heterocycles. The van der Waals surface area contributed by atoms with Crippen LogP contribution < -0.4 is 10.6 Å². The normalized spacial score (nSPS) is 16.1. The maximum absolute atomic E-state index is 13.9. The second-order valence-corrected chi connectivity index (χ2v) is 6.34. The molecule has 0 aliphatic carbocycles. The summed E-state index contributed by atoms with van der Waals surface area (Å²) in [4.78, 5) is 30.9. The van der Waals surface area contributed by atoms with Gasteiger partial charge in [-0.3, -0.25) is 9.59 Å². The minimum absolute atomic E-state index is 0.0443. The minimum Gasteiger partial charge on any atom is -0.345 e. The van der Waals surface area contributed by atoms with Crippen molar-refractivity contribution in [2.75, 3.05) is 6.54 Å². The van der Waals surface area contributed by atoms with Crippen molar-refractivity contribution in [1.82, 2.24) is 20.6 Å². The highest BCUT2D eigenvalue weighted by molar-refractivity contribution is 6.05. The van der Waals surface area contributed by atoms with Crippen LogP contribution in [0.1, 0.15) is 42.5 Å². The van der Waals surface area contributed by atoms with E-state index in [1.807, 2.05) is 13.8 Å². The van der Waals surface area contributed by atoms with Crippen molar-refractivity contribution in [3.63, 3.8) is 0 Å². The van der Waals surface area contributed by atoms with E-state index in [4.69, 9.17) is 0 Å². The summed E-state index contributed by atoms with van der Waals surface area (Å²) in [7, 11) is 0. The summed E-state index contributed by atoms with van der Waals surface area (Å²) in [5.74, 6) is -1.29. The Morgan fingerprint density at radius 2 is 2.04 bits per heavy atom. The zero-order chi connectivity index (χ0) is 18.8. The van der Waals surface area contributed by atoms with E-state index in [0.717, 1.165) is 23.9 Å². The first-order valence-electron chi connectivity index (χ1n) is 8.16. The van der Waals surface area contributed by atoms with E-state index in [9.17, 15) is 18.4 Å².